The van der Waals surface area contributed by atoms with E-state index < -0.39 is 10.0 Å². The highest BCUT2D eigenvalue weighted by atomic mass is 32.2. The molecular formula is C29H34N6O2S. The molecule has 0 aliphatic carbocycles. The summed E-state index contributed by atoms with van der Waals surface area (Å²) in [4.78, 5) is 7.45. The van der Waals surface area contributed by atoms with Crippen LogP contribution in [0.15, 0.2) is 77.7 Å². The molecule has 0 atom stereocenters. The quantitative estimate of drug-likeness (QED) is 0.265. The molecule has 198 valence electrons. The minimum Gasteiger partial charge on any atom is -0.384 e. The molecule has 0 spiro atoms. The first-order valence-corrected chi connectivity index (χ1v) is 14.3. The van der Waals surface area contributed by atoms with Gasteiger partial charge >= 0.3 is 0 Å². The third kappa shape index (κ3) is 5.16. The molecule has 1 fully saturated rings. The molecule has 1 saturated heterocycles. The number of benzene rings is 3. The van der Waals surface area contributed by atoms with E-state index >= 15 is 0 Å². The fourth-order valence-electron chi connectivity index (χ4n) is 5.19. The van der Waals surface area contributed by atoms with Crippen LogP contribution in [0.5, 0.6) is 0 Å². The molecule has 1 aliphatic rings. The van der Waals surface area contributed by atoms with Gasteiger partial charge in [-0.15, -0.1) is 0 Å². The molecule has 3 aromatic carbocycles. The molecule has 38 heavy (non-hydrogen) atoms. The predicted molar refractivity (Wildman–Crippen MR) is 152 cm³/mol. The van der Waals surface area contributed by atoms with Crippen LogP contribution in [0.4, 0.5) is 5.69 Å². The highest BCUT2D eigenvalue weighted by Crippen LogP contribution is 2.32. The van der Waals surface area contributed by atoms with Gasteiger partial charge in [-0.05, 0) is 75.3 Å². The lowest BCUT2D eigenvalue weighted by Gasteiger charge is -2.37. The minimum absolute atomic E-state index is 0.0614. The molecule has 0 amide bonds. The molecule has 3 N–H and O–H groups in total. The summed E-state index contributed by atoms with van der Waals surface area (Å²) in [5.41, 5.74) is 9.83. The monoisotopic (exact) mass is 530 g/mol. The Labute approximate surface area is 224 Å². The van der Waals surface area contributed by atoms with Crippen LogP contribution < -0.4 is 10.0 Å². The highest BCUT2D eigenvalue weighted by molar-refractivity contribution is 7.92. The fourth-order valence-corrected chi connectivity index (χ4v) is 6.91. The number of nitrogens with two attached hydrogens (primary N) is 1. The van der Waals surface area contributed by atoms with Crippen molar-refractivity contribution in [3.8, 4) is 0 Å². The molecule has 0 radical (unpaired) electrons. The van der Waals surface area contributed by atoms with Crippen molar-refractivity contribution in [1.29, 1.82) is 5.41 Å². The van der Waals surface area contributed by atoms with Gasteiger partial charge in [0.15, 0.2) is 0 Å². The molecule has 1 aliphatic heterocycles. The zero-order chi connectivity index (χ0) is 26.9. The van der Waals surface area contributed by atoms with Crippen molar-refractivity contribution in [3.63, 3.8) is 0 Å². The maximum Gasteiger partial charge on any atom is 0.264 e. The lowest BCUT2D eigenvalue weighted by atomic mass is 10.1. The summed E-state index contributed by atoms with van der Waals surface area (Å²) in [6, 6.07) is 22.1. The van der Waals surface area contributed by atoms with Gasteiger partial charge in [-0.3, -0.25) is 9.71 Å². The van der Waals surface area contributed by atoms with Gasteiger partial charge in [0.25, 0.3) is 10.0 Å². The number of likely N-dealkylation sites (tertiary alicyclic amines) is 1. The second-order valence-corrected chi connectivity index (χ2v) is 11.8. The van der Waals surface area contributed by atoms with E-state index in [4.69, 9.17) is 16.1 Å². The standard InChI is InChI=1S/C29H34N6O2S/c1-33-18-16-23(17-19-33)35(38(36,37)25-6-4-3-5-7-25)24-13-14-27-26(20-24)32-28(34(27)2)15-10-21-8-11-22(12-9-21)29(30)31/h3-9,11-14,20,23H,10,15-19H2,1-2H3,(H3,30,31). The number of imidazole rings is 1. The summed E-state index contributed by atoms with van der Waals surface area (Å²) >= 11 is 0. The zero-order valence-corrected chi connectivity index (χ0v) is 22.7. The van der Waals surface area contributed by atoms with Crippen molar-refractivity contribution in [2.24, 2.45) is 12.8 Å². The average molecular weight is 531 g/mol. The number of anilines is 1. The largest absolute Gasteiger partial charge is 0.384 e. The Hall–Kier alpha value is -3.69. The van der Waals surface area contributed by atoms with Crippen LogP contribution in [0.3, 0.4) is 0 Å². The molecule has 0 saturated carbocycles. The SMILES string of the molecule is CN1CCC(N(c2ccc3c(c2)nc(CCc2ccc(C(=N)N)cc2)n3C)S(=O)(=O)c2ccccc2)CC1. The second-order valence-electron chi connectivity index (χ2n) is 10.0. The van der Waals surface area contributed by atoms with E-state index in [1.54, 1.807) is 28.6 Å². The first kappa shape index (κ1) is 25.9. The number of aromatic nitrogens is 2. The van der Waals surface area contributed by atoms with Gasteiger partial charge in [0.2, 0.25) is 0 Å². The second kappa shape index (κ2) is 10.6. The van der Waals surface area contributed by atoms with E-state index in [0.717, 1.165) is 61.2 Å². The van der Waals surface area contributed by atoms with Crippen molar-refractivity contribution in [1.82, 2.24) is 14.5 Å². The Morgan fingerprint density at radius 1 is 1.00 bits per heavy atom. The van der Waals surface area contributed by atoms with Crippen LogP contribution >= 0.6 is 0 Å². The molecule has 0 bridgehead atoms. The molecule has 9 heteroatoms. The van der Waals surface area contributed by atoms with Gasteiger partial charge in [0.1, 0.15) is 11.7 Å². The van der Waals surface area contributed by atoms with Gasteiger partial charge in [-0.1, -0.05) is 42.5 Å². The van der Waals surface area contributed by atoms with Gasteiger partial charge < -0.3 is 15.2 Å². The summed E-state index contributed by atoms with van der Waals surface area (Å²) in [6.45, 7) is 1.71. The van der Waals surface area contributed by atoms with E-state index in [1.165, 1.54) is 0 Å². The molecule has 8 nitrogen and oxygen atoms in total. The number of nitrogens with one attached hydrogen (secondary N) is 1. The Bertz CT molecular complexity index is 1540. The van der Waals surface area contributed by atoms with E-state index in [-0.39, 0.29) is 11.9 Å². The highest BCUT2D eigenvalue weighted by Gasteiger charge is 2.34. The van der Waals surface area contributed by atoms with Gasteiger partial charge in [0, 0.05) is 25.1 Å². The number of sulfonamides is 1. The van der Waals surface area contributed by atoms with E-state index in [2.05, 4.69) is 16.5 Å². The van der Waals surface area contributed by atoms with Crippen LogP contribution in [0.1, 0.15) is 29.8 Å². The third-order valence-electron chi connectivity index (χ3n) is 7.43. The Morgan fingerprint density at radius 2 is 1.68 bits per heavy atom. The average Bonchev–Trinajstić information content (AvgIpc) is 3.24. The first-order valence-electron chi connectivity index (χ1n) is 12.9. The van der Waals surface area contributed by atoms with Gasteiger partial charge in [-0.25, -0.2) is 13.4 Å². The number of rotatable bonds is 8. The number of amidine groups is 1. The van der Waals surface area contributed by atoms with Crippen LogP contribution in [0.2, 0.25) is 0 Å². The maximum atomic E-state index is 13.9. The first-order chi connectivity index (χ1) is 18.2. The van der Waals surface area contributed by atoms with Gasteiger partial charge in [0.05, 0.1) is 21.6 Å². The van der Waals surface area contributed by atoms with Crippen LogP contribution in [0.25, 0.3) is 11.0 Å². The van der Waals surface area contributed by atoms with Crippen molar-refractivity contribution >= 4 is 32.6 Å². The summed E-state index contributed by atoms with van der Waals surface area (Å²) in [5, 5.41) is 7.56. The lowest BCUT2D eigenvalue weighted by molar-refractivity contribution is 0.257. The molecule has 0 unspecified atom stereocenters. The number of hydrogen-bond acceptors (Lipinski definition) is 5. The molecule has 2 heterocycles. The van der Waals surface area contributed by atoms with Crippen molar-refractivity contribution in [2.75, 3.05) is 24.4 Å². The molecular weight excluding hydrogens is 496 g/mol. The van der Waals surface area contributed by atoms with Crippen LogP contribution in [-0.4, -0.2) is 54.9 Å². The van der Waals surface area contributed by atoms with E-state index in [1.807, 2.05) is 55.6 Å². The number of fused-ring (bicyclic) bond motifs is 1. The predicted octanol–water partition coefficient (Wildman–Crippen LogP) is 3.93. The van der Waals surface area contributed by atoms with Gasteiger partial charge in [-0.2, -0.15) is 0 Å². The normalized spacial score (nSPS) is 15.1. The number of aryl methyl sites for hydroxylation is 3. The molecule has 1 aromatic heterocycles. The van der Waals surface area contributed by atoms with Crippen molar-refractivity contribution < 1.29 is 8.42 Å². The summed E-state index contributed by atoms with van der Waals surface area (Å²) in [5.74, 6) is 0.996. The van der Waals surface area contributed by atoms with Crippen LogP contribution in [-0.2, 0) is 29.9 Å². The number of hydrogen-bond donors (Lipinski definition) is 2. The number of piperidine rings is 1. The smallest absolute Gasteiger partial charge is 0.264 e. The lowest BCUT2D eigenvalue weighted by Crippen LogP contribution is -2.46. The summed E-state index contributed by atoms with van der Waals surface area (Å²) in [7, 11) is 0.331. The number of nitrogen functional groups attached to an aromatic ring is 1. The minimum atomic E-state index is -3.74. The van der Waals surface area contributed by atoms with Crippen molar-refractivity contribution in [2.45, 2.75) is 36.6 Å². The van der Waals surface area contributed by atoms with Crippen molar-refractivity contribution in [3.05, 3.63) is 89.7 Å². The number of nitrogens with zero attached hydrogens (tertiary/aromatic N) is 4. The van der Waals surface area contributed by atoms with E-state index in [0.29, 0.717) is 16.1 Å². The Morgan fingerprint density at radius 3 is 2.34 bits per heavy atom. The zero-order valence-electron chi connectivity index (χ0n) is 21.8. The van der Waals surface area contributed by atoms with E-state index in [9.17, 15) is 8.42 Å². The third-order valence-corrected chi connectivity index (χ3v) is 9.33. The fraction of sp³-hybridized carbons (Fsp3) is 0.310. The molecule has 5 rings (SSSR count). The van der Waals surface area contributed by atoms with Crippen LogP contribution in [0, 0.1) is 5.41 Å². The Balaban J connectivity index is 1.46. The molecule has 4 aromatic rings. The summed E-state index contributed by atoms with van der Waals surface area (Å²) in [6.07, 6.45) is 3.08. The topological polar surface area (TPSA) is 108 Å². The Kier molecular flexibility index (Phi) is 7.23. The maximum absolute atomic E-state index is 13.9. The summed E-state index contributed by atoms with van der Waals surface area (Å²) < 4.78 is 31.5.